The summed E-state index contributed by atoms with van der Waals surface area (Å²) < 4.78 is 10.5. The van der Waals surface area contributed by atoms with Gasteiger partial charge >= 0.3 is 0 Å². The molecule has 1 atom stereocenters. The van der Waals surface area contributed by atoms with Gasteiger partial charge in [-0.3, -0.25) is 10.1 Å². The number of nitrogens with two attached hydrogens (primary N) is 1. The average molecular weight is 301 g/mol. The van der Waals surface area contributed by atoms with Crippen molar-refractivity contribution in [1.29, 1.82) is 0 Å². The van der Waals surface area contributed by atoms with E-state index in [2.05, 4.69) is 0 Å². The van der Waals surface area contributed by atoms with Crippen molar-refractivity contribution in [3.8, 4) is 11.5 Å². The van der Waals surface area contributed by atoms with Gasteiger partial charge in [0.15, 0.2) is 11.5 Å². The summed E-state index contributed by atoms with van der Waals surface area (Å²) in [5.74, 6) is 1.29. The van der Waals surface area contributed by atoms with E-state index in [-0.39, 0.29) is 30.9 Å². The molecule has 1 saturated carbocycles. The molecule has 1 heterocycles. The summed E-state index contributed by atoms with van der Waals surface area (Å²) >= 11 is 0. The zero-order valence-corrected chi connectivity index (χ0v) is 11.7. The van der Waals surface area contributed by atoms with Gasteiger partial charge in [-0.05, 0) is 24.8 Å². The molecule has 0 amide bonds. The smallest absolute Gasteiger partial charge is 0.278 e. The first-order valence-corrected chi connectivity index (χ1v) is 6.50. The number of benzene rings is 1. The highest BCUT2D eigenvalue weighted by molar-refractivity contribution is 5.85. The number of nitro groups is 1. The monoisotopic (exact) mass is 300 g/mol. The van der Waals surface area contributed by atoms with Crippen LogP contribution < -0.4 is 15.2 Å². The maximum Gasteiger partial charge on any atom is 0.278 e. The third-order valence-electron chi connectivity index (χ3n) is 3.99. The van der Waals surface area contributed by atoms with Gasteiger partial charge in [0.2, 0.25) is 6.79 Å². The molecular weight excluding hydrogens is 284 g/mol. The van der Waals surface area contributed by atoms with Crippen molar-refractivity contribution in [2.75, 3.05) is 6.79 Å². The van der Waals surface area contributed by atoms with Crippen LogP contribution in [-0.4, -0.2) is 11.7 Å². The molecule has 0 radical (unpaired) electrons. The number of rotatable bonds is 3. The molecule has 2 aliphatic rings. The maximum atomic E-state index is 11.2. The third-order valence-corrected chi connectivity index (χ3v) is 3.99. The van der Waals surface area contributed by atoms with E-state index in [1.807, 2.05) is 0 Å². The highest BCUT2D eigenvalue weighted by Gasteiger charge is 2.31. The second kappa shape index (κ2) is 5.85. The SMILES string of the molecule is Cl.N[C@H](c1cc2c(cc1[N+](=O)[O-])OCO2)C1CCCC1. The van der Waals surface area contributed by atoms with Crippen molar-refractivity contribution < 1.29 is 14.4 Å². The molecule has 0 aromatic heterocycles. The summed E-state index contributed by atoms with van der Waals surface area (Å²) in [6.45, 7) is 0.106. The normalized spacial score (nSPS) is 18.6. The fourth-order valence-electron chi connectivity index (χ4n) is 2.94. The Morgan fingerprint density at radius 1 is 1.25 bits per heavy atom. The number of hydrogen-bond donors (Lipinski definition) is 1. The molecule has 1 aromatic rings. The Hall–Kier alpha value is -1.53. The van der Waals surface area contributed by atoms with Gasteiger partial charge in [-0.25, -0.2) is 0 Å². The minimum Gasteiger partial charge on any atom is -0.454 e. The number of nitro benzene ring substituents is 1. The zero-order valence-electron chi connectivity index (χ0n) is 10.9. The zero-order chi connectivity index (χ0) is 13.4. The van der Waals surface area contributed by atoms with E-state index < -0.39 is 4.92 Å². The Bertz CT molecular complexity index is 517. The number of ether oxygens (including phenoxy) is 2. The fourth-order valence-corrected chi connectivity index (χ4v) is 2.94. The summed E-state index contributed by atoms with van der Waals surface area (Å²) in [4.78, 5) is 10.8. The molecule has 2 N–H and O–H groups in total. The second-order valence-electron chi connectivity index (χ2n) is 5.09. The number of hydrogen-bond acceptors (Lipinski definition) is 5. The fraction of sp³-hybridized carbons (Fsp3) is 0.538. The summed E-state index contributed by atoms with van der Waals surface area (Å²) in [6.07, 6.45) is 4.37. The van der Waals surface area contributed by atoms with E-state index in [9.17, 15) is 10.1 Å². The van der Waals surface area contributed by atoms with E-state index in [1.54, 1.807) is 6.07 Å². The van der Waals surface area contributed by atoms with Crippen LogP contribution in [0, 0.1) is 16.0 Å². The van der Waals surface area contributed by atoms with E-state index in [1.165, 1.54) is 6.07 Å². The molecule has 7 heteroatoms. The molecule has 3 rings (SSSR count). The highest BCUT2D eigenvalue weighted by Crippen LogP contribution is 2.43. The average Bonchev–Trinajstić information content (AvgIpc) is 3.06. The lowest BCUT2D eigenvalue weighted by Crippen LogP contribution is -2.20. The van der Waals surface area contributed by atoms with Crippen LogP contribution in [-0.2, 0) is 0 Å². The molecule has 6 nitrogen and oxygen atoms in total. The molecule has 20 heavy (non-hydrogen) atoms. The predicted molar refractivity (Wildman–Crippen MR) is 75.4 cm³/mol. The van der Waals surface area contributed by atoms with E-state index in [0.717, 1.165) is 25.7 Å². The Labute approximate surface area is 122 Å². The van der Waals surface area contributed by atoms with Crippen LogP contribution in [0.15, 0.2) is 12.1 Å². The molecule has 0 saturated heterocycles. The van der Waals surface area contributed by atoms with E-state index >= 15 is 0 Å². The molecule has 1 aliphatic heterocycles. The molecule has 1 aliphatic carbocycles. The summed E-state index contributed by atoms with van der Waals surface area (Å²) in [5.41, 5.74) is 6.82. The predicted octanol–water partition coefficient (Wildman–Crippen LogP) is 2.94. The van der Waals surface area contributed by atoms with E-state index in [4.69, 9.17) is 15.2 Å². The second-order valence-corrected chi connectivity index (χ2v) is 5.09. The first kappa shape index (κ1) is 14.9. The Balaban J connectivity index is 0.00000147. The van der Waals surface area contributed by atoms with Crippen molar-refractivity contribution in [2.45, 2.75) is 31.7 Å². The Morgan fingerprint density at radius 3 is 2.45 bits per heavy atom. The third kappa shape index (κ3) is 2.53. The lowest BCUT2D eigenvalue weighted by molar-refractivity contribution is -0.385. The molecule has 0 spiro atoms. The van der Waals surface area contributed by atoms with Gasteiger partial charge in [0.1, 0.15) is 0 Å². The first-order chi connectivity index (χ1) is 9.16. The van der Waals surface area contributed by atoms with Crippen molar-refractivity contribution in [2.24, 2.45) is 11.7 Å². The minimum absolute atomic E-state index is 0. The van der Waals surface area contributed by atoms with Crippen molar-refractivity contribution in [3.05, 3.63) is 27.8 Å². The van der Waals surface area contributed by atoms with Gasteiger partial charge in [0, 0.05) is 6.04 Å². The molecule has 110 valence electrons. The van der Waals surface area contributed by atoms with Crippen molar-refractivity contribution in [1.82, 2.24) is 0 Å². The topological polar surface area (TPSA) is 87.6 Å². The Kier molecular flexibility index (Phi) is 4.35. The van der Waals surface area contributed by atoms with Crippen molar-refractivity contribution >= 4 is 18.1 Å². The van der Waals surface area contributed by atoms with Crippen LogP contribution in [0.2, 0.25) is 0 Å². The quantitative estimate of drug-likeness (QED) is 0.685. The van der Waals surface area contributed by atoms with Gasteiger partial charge in [-0.2, -0.15) is 0 Å². The van der Waals surface area contributed by atoms with Crippen LogP contribution >= 0.6 is 12.4 Å². The summed E-state index contributed by atoms with van der Waals surface area (Å²) in [7, 11) is 0. The van der Waals surface area contributed by atoms with Crippen LogP contribution in [0.1, 0.15) is 37.3 Å². The van der Waals surface area contributed by atoms with Crippen LogP contribution in [0.5, 0.6) is 11.5 Å². The number of fused-ring (bicyclic) bond motifs is 1. The molecular formula is C13H17ClN2O4. The number of halogens is 1. The Morgan fingerprint density at radius 2 is 1.85 bits per heavy atom. The van der Waals surface area contributed by atoms with E-state index in [0.29, 0.717) is 23.0 Å². The highest BCUT2D eigenvalue weighted by atomic mass is 35.5. The van der Waals surface area contributed by atoms with Gasteiger partial charge in [-0.1, -0.05) is 12.8 Å². The molecule has 0 unspecified atom stereocenters. The van der Waals surface area contributed by atoms with Gasteiger partial charge in [-0.15, -0.1) is 12.4 Å². The summed E-state index contributed by atoms with van der Waals surface area (Å²) in [6, 6.07) is 2.79. The van der Waals surface area contributed by atoms with Crippen LogP contribution in [0.4, 0.5) is 5.69 Å². The molecule has 1 fully saturated rings. The van der Waals surface area contributed by atoms with Gasteiger partial charge in [0.25, 0.3) is 5.69 Å². The largest absolute Gasteiger partial charge is 0.454 e. The number of nitrogens with zero attached hydrogens (tertiary/aromatic N) is 1. The lowest BCUT2D eigenvalue weighted by atomic mass is 9.91. The van der Waals surface area contributed by atoms with Crippen molar-refractivity contribution in [3.63, 3.8) is 0 Å². The maximum absolute atomic E-state index is 11.2. The van der Waals surface area contributed by atoms with Gasteiger partial charge < -0.3 is 15.2 Å². The minimum atomic E-state index is -0.397. The van der Waals surface area contributed by atoms with Crippen LogP contribution in [0.3, 0.4) is 0 Å². The standard InChI is InChI=1S/C13H16N2O4.ClH/c14-13(8-3-1-2-4-8)9-5-11-12(19-7-18-11)6-10(9)15(16)17;/h5-6,8,13H,1-4,7,14H2;1H/t13-;/m0./s1. The van der Waals surface area contributed by atoms with Gasteiger partial charge in [0.05, 0.1) is 16.6 Å². The lowest BCUT2D eigenvalue weighted by Gasteiger charge is -2.19. The first-order valence-electron chi connectivity index (χ1n) is 6.50. The molecule has 0 bridgehead atoms. The summed E-state index contributed by atoms with van der Waals surface area (Å²) in [5, 5.41) is 11.2. The molecule has 1 aromatic carbocycles. The van der Waals surface area contributed by atoms with Crippen LogP contribution in [0.25, 0.3) is 0 Å².